The van der Waals surface area contributed by atoms with Gasteiger partial charge >= 0.3 is 6.18 Å². The molecule has 2 aromatic carbocycles. The van der Waals surface area contributed by atoms with Crippen LogP contribution in [-0.4, -0.2) is 49.0 Å². The van der Waals surface area contributed by atoms with Crippen molar-refractivity contribution >= 4 is 39.2 Å². The van der Waals surface area contributed by atoms with Gasteiger partial charge in [0.1, 0.15) is 5.82 Å². The Kier molecular flexibility index (Phi) is 7.37. The molecular weight excluding hydrogens is 649 g/mol. The van der Waals surface area contributed by atoms with Crippen LogP contribution in [0.5, 0.6) is 0 Å². The summed E-state index contributed by atoms with van der Waals surface area (Å²) in [5.74, 6) is 0.219. The summed E-state index contributed by atoms with van der Waals surface area (Å²) in [7, 11) is 0. The van der Waals surface area contributed by atoms with Crippen molar-refractivity contribution in [2.75, 3.05) is 11.4 Å². The number of nitrogens with zero attached hydrogens (tertiary/aromatic N) is 5. The van der Waals surface area contributed by atoms with Gasteiger partial charge in [0.05, 0.1) is 41.4 Å². The van der Waals surface area contributed by atoms with Gasteiger partial charge in [-0.05, 0) is 62.9 Å². The van der Waals surface area contributed by atoms with Crippen LogP contribution in [-0.2, 0) is 17.4 Å². The second kappa shape index (κ2) is 11.1. The van der Waals surface area contributed by atoms with Crippen LogP contribution in [0.4, 0.5) is 24.7 Å². The predicted molar refractivity (Wildman–Crippen MR) is 166 cm³/mol. The van der Waals surface area contributed by atoms with Crippen molar-refractivity contribution in [2.24, 2.45) is 11.8 Å². The molecule has 45 heavy (non-hydrogen) atoms. The monoisotopic (exact) mass is 680 g/mol. The van der Waals surface area contributed by atoms with Gasteiger partial charge in [0.2, 0.25) is 5.91 Å². The number of hydrogen-bond acceptors (Lipinski definition) is 4. The molecule has 234 valence electrons. The van der Waals surface area contributed by atoms with E-state index in [1.807, 2.05) is 49.0 Å². The molecular formula is C33H32BrF3N6O2. The van der Waals surface area contributed by atoms with Crippen LogP contribution in [0.3, 0.4) is 0 Å². The molecule has 2 aromatic heterocycles. The van der Waals surface area contributed by atoms with E-state index in [0.29, 0.717) is 18.2 Å². The van der Waals surface area contributed by atoms with Gasteiger partial charge in [0, 0.05) is 39.4 Å². The molecule has 2 fully saturated rings. The number of hydrogen-bond donors (Lipinski definition) is 1. The zero-order chi connectivity index (χ0) is 31.6. The standard InChI is InChI=1S/C33H32BrF3N6O2/c1-18-12-25-28(16-41(18)31(44)22-8-11-27(34)26(14-22)33(35,36)37)43-30(23(15-40-43)13-20-4-3-5-20)42(32(25)45)24-9-6-21(7-10-24)29-19(2)38-17-39-29/h6-11,14-15,17-18,20,25,28H,3-5,12-13,16H2,1-2H3,(H,38,39)/t18-,25?,28?/m0/s1. The minimum Gasteiger partial charge on any atom is -0.348 e. The quantitative estimate of drug-likeness (QED) is 0.237. The molecule has 1 N–H and O–H groups in total. The van der Waals surface area contributed by atoms with Crippen LogP contribution in [0.2, 0.25) is 0 Å². The number of piperidine rings is 1. The highest BCUT2D eigenvalue weighted by molar-refractivity contribution is 9.10. The molecule has 0 bridgehead atoms. The molecule has 2 amide bonds. The first-order chi connectivity index (χ1) is 21.5. The van der Waals surface area contributed by atoms with E-state index < -0.39 is 29.6 Å². The Labute approximate surface area is 266 Å². The molecule has 4 aromatic rings. The van der Waals surface area contributed by atoms with Crippen LogP contribution >= 0.6 is 15.9 Å². The molecule has 3 aliphatic rings. The normalized spacial score (nSPS) is 21.8. The number of aromatic amines is 1. The SMILES string of the molecule is Cc1[nH]cnc1-c1ccc(N2C(=O)C3C[C@H](C)N(C(=O)c4ccc(Br)c(C(F)(F)F)c4)CC3n3ncc(CC4CCC4)c32)cc1. The average molecular weight is 682 g/mol. The zero-order valence-electron chi connectivity index (χ0n) is 24.8. The smallest absolute Gasteiger partial charge is 0.348 e. The van der Waals surface area contributed by atoms with Gasteiger partial charge < -0.3 is 9.88 Å². The van der Waals surface area contributed by atoms with Crippen molar-refractivity contribution in [1.29, 1.82) is 0 Å². The van der Waals surface area contributed by atoms with Crippen molar-refractivity contribution in [3.8, 4) is 11.3 Å². The van der Waals surface area contributed by atoms with Gasteiger partial charge in [-0.2, -0.15) is 18.3 Å². The lowest BCUT2D eigenvalue weighted by atomic mass is 9.80. The number of nitrogens with one attached hydrogen (secondary N) is 1. The van der Waals surface area contributed by atoms with Crippen molar-refractivity contribution in [3.63, 3.8) is 0 Å². The van der Waals surface area contributed by atoms with Crippen LogP contribution in [0.25, 0.3) is 11.3 Å². The summed E-state index contributed by atoms with van der Waals surface area (Å²) in [5, 5.41) is 4.80. The molecule has 0 radical (unpaired) electrons. The highest BCUT2D eigenvalue weighted by atomic mass is 79.9. The summed E-state index contributed by atoms with van der Waals surface area (Å²) >= 11 is 2.96. The summed E-state index contributed by atoms with van der Waals surface area (Å²) < 4.78 is 42.7. The van der Waals surface area contributed by atoms with Crippen molar-refractivity contribution < 1.29 is 22.8 Å². The summed E-state index contributed by atoms with van der Waals surface area (Å²) in [6.45, 7) is 3.97. The fourth-order valence-electron chi connectivity index (χ4n) is 6.97. The van der Waals surface area contributed by atoms with Gasteiger partial charge in [0.25, 0.3) is 5.91 Å². The number of likely N-dealkylation sites (tertiary alicyclic amines) is 1. The molecule has 7 rings (SSSR count). The lowest BCUT2D eigenvalue weighted by Crippen LogP contribution is -2.56. The van der Waals surface area contributed by atoms with Gasteiger partial charge in [-0.1, -0.05) is 47.3 Å². The number of carbonyl (C=O) groups is 2. The Hall–Kier alpha value is -3.93. The largest absolute Gasteiger partial charge is 0.417 e. The summed E-state index contributed by atoms with van der Waals surface area (Å²) in [5.41, 5.74) is 3.51. The topological polar surface area (TPSA) is 87.1 Å². The number of alkyl halides is 3. The fourth-order valence-corrected chi connectivity index (χ4v) is 7.44. The first-order valence-electron chi connectivity index (χ1n) is 15.2. The molecule has 12 heteroatoms. The van der Waals surface area contributed by atoms with Crippen LogP contribution in [0, 0.1) is 18.8 Å². The van der Waals surface area contributed by atoms with E-state index in [0.717, 1.165) is 53.5 Å². The van der Waals surface area contributed by atoms with E-state index in [1.165, 1.54) is 18.6 Å². The maximum absolute atomic E-state index is 14.4. The summed E-state index contributed by atoms with van der Waals surface area (Å²) in [6, 6.07) is 10.5. The Balaban J connectivity index is 1.25. The Bertz CT molecular complexity index is 1780. The van der Waals surface area contributed by atoms with E-state index in [2.05, 4.69) is 25.9 Å². The first-order valence-corrected chi connectivity index (χ1v) is 16.0. The molecule has 1 aliphatic carbocycles. The molecule has 3 atom stereocenters. The number of aromatic nitrogens is 4. The van der Waals surface area contributed by atoms with E-state index >= 15 is 0 Å². The van der Waals surface area contributed by atoms with Crippen molar-refractivity contribution in [3.05, 3.63) is 81.8 Å². The van der Waals surface area contributed by atoms with Gasteiger partial charge in [0.15, 0.2) is 0 Å². The summed E-state index contributed by atoms with van der Waals surface area (Å²) in [4.78, 5) is 39.0. The van der Waals surface area contributed by atoms with Crippen LogP contribution in [0.15, 0.2) is 59.5 Å². The Morgan fingerprint density at radius 2 is 1.89 bits per heavy atom. The average Bonchev–Trinajstić information content (AvgIpc) is 3.61. The third kappa shape index (κ3) is 5.16. The minimum atomic E-state index is -4.61. The lowest BCUT2D eigenvalue weighted by molar-refractivity contribution is -0.138. The number of H-pyrrole nitrogens is 1. The van der Waals surface area contributed by atoms with Gasteiger partial charge in [-0.15, -0.1) is 0 Å². The van der Waals surface area contributed by atoms with E-state index in [-0.39, 0.29) is 28.5 Å². The highest BCUT2D eigenvalue weighted by Gasteiger charge is 2.49. The third-order valence-electron chi connectivity index (χ3n) is 9.62. The van der Waals surface area contributed by atoms with Crippen LogP contribution < -0.4 is 4.90 Å². The number of anilines is 2. The molecule has 8 nitrogen and oxygen atoms in total. The molecule has 1 saturated heterocycles. The zero-order valence-corrected chi connectivity index (χ0v) is 26.4. The molecule has 0 spiro atoms. The van der Waals surface area contributed by atoms with Gasteiger partial charge in [-0.25, -0.2) is 9.67 Å². The predicted octanol–water partition coefficient (Wildman–Crippen LogP) is 7.48. The van der Waals surface area contributed by atoms with E-state index in [1.54, 1.807) is 16.1 Å². The van der Waals surface area contributed by atoms with Crippen LogP contribution in [0.1, 0.15) is 65.8 Å². The minimum absolute atomic E-state index is 0.0433. The van der Waals surface area contributed by atoms with Crippen molar-refractivity contribution in [1.82, 2.24) is 24.6 Å². The second-order valence-electron chi connectivity index (χ2n) is 12.4. The first kappa shape index (κ1) is 29.8. The number of halogens is 4. The highest BCUT2D eigenvalue weighted by Crippen LogP contribution is 2.46. The maximum Gasteiger partial charge on any atom is 0.417 e. The molecule has 2 unspecified atom stereocenters. The summed E-state index contributed by atoms with van der Waals surface area (Å²) in [6.07, 6.45) is 3.51. The Morgan fingerprint density at radius 1 is 1.13 bits per heavy atom. The maximum atomic E-state index is 14.4. The number of aryl methyl sites for hydroxylation is 1. The molecule has 2 aliphatic heterocycles. The van der Waals surface area contributed by atoms with Gasteiger partial charge in [-0.3, -0.25) is 14.5 Å². The Morgan fingerprint density at radius 3 is 2.53 bits per heavy atom. The van der Waals surface area contributed by atoms with E-state index in [9.17, 15) is 22.8 Å². The second-order valence-corrected chi connectivity index (χ2v) is 13.3. The number of rotatable bonds is 5. The van der Waals surface area contributed by atoms with Crippen molar-refractivity contribution in [2.45, 2.75) is 64.2 Å². The number of benzene rings is 2. The molecule has 4 heterocycles. The van der Waals surface area contributed by atoms with E-state index in [4.69, 9.17) is 5.10 Å². The third-order valence-corrected chi connectivity index (χ3v) is 10.3. The number of amides is 2. The number of imidazole rings is 1. The number of carbonyl (C=O) groups excluding carboxylic acids is 2. The number of fused-ring (bicyclic) bond motifs is 3. The fraction of sp³-hybridized carbons (Fsp3) is 0.394. The molecule has 1 saturated carbocycles. The lowest BCUT2D eigenvalue weighted by Gasteiger charge is -2.47.